The van der Waals surface area contributed by atoms with Gasteiger partial charge in [0.1, 0.15) is 0 Å². The average Bonchev–Trinajstić information content (AvgIpc) is 2.78. The SMILES string of the molecule is COC(=O)Cc1csc(C2CCC(C)CC2)n1. The fourth-order valence-corrected chi connectivity index (χ4v) is 3.31. The number of hydrogen-bond acceptors (Lipinski definition) is 4. The first-order valence-corrected chi connectivity index (χ1v) is 7.08. The monoisotopic (exact) mass is 253 g/mol. The van der Waals surface area contributed by atoms with E-state index in [4.69, 9.17) is 0 Å². The largest absolute Gasteiger partial charge is 0.469 e. The smallest absolute Gasteiger partial charge is 0.311 e. The number of aromatic nitrogens is 1. The van der Waals surface area contributed by atoms with Crippen LogP contribution in [0.2, 0.25) is 0 Å². The summed E-state index contributed by atoms with van der Waals surface area (Å²) in [6, 6.07) is 0. The number of methoxy groups -OCH3 is 1. The van der Waals surface area contributed by atoms with E-state index in [0.717, 1.165) is 11.6 Å². The summed E-state index contributed by atoms with van der Waals surface area (Å²) in [5.74, 6) is 1.27. The molecule has 94 valence electrons. The predicted molar refractivity (Wildman–Crippen MR) is 68.2 cm³/mol. The van der Waals surface area contributed by atoms with E-state index in [2.05, 4.69) is 16.6 Å². The Kier molecular flexibility index (Phi) is 4.15. The van der Waals surface area contributed by atoms with Gasteiger partial charge in [-0.2, -0.15) is 0 Å². The Hall–Kier alpha value is -0.900. The van der Waals surface area contributed by atoms with E-state index >= 15 is 0 Å². The van der Waals surface area contributed by atoms with Crippen LogP contribution >= 0.6 is 11.3 Å². The molecule has 2 rings (SSSR count). The molecule has 1 heterocycles. The van der Waals surface area contributed by atoms with Crippen molar-refractivity contribution in [3.8, 4) is 0 Å². The molecule has 0 saturated heterocycles. The molecule has 17 heavy (non-hydrogen) atoms. The van der Waals surface area contributed by atoms with E-state index in [1.54, 1.807) is 11.3 Å². The van der Waals surface area contributed by atoms with Gasteiger partial charge in [0.2, 0.25) is 0 Å². The highest BCUT2D eigenvalue weighted by molar-refractivity contribution is 7.09. The van der Waals surface area contributed by atoms with Gasteiger partial charge in [-0.3, -0.25) is 4.79 Å². The third kappa shape index (κ3) is 3.28. The molecule has 1 aliphatic carbocycles. The summed E-state index contributed by atoms with van der Waals surface area (Å²) < 4.78 is 4.65. The van der Waals surface area contributed by atoms with Gasteiger partial charge in [-0.25, -0.2) is 4.98 Å². The van der Waals surface area contributed by atoms with Crippen molar-refractivity contribution in [2.75, 3.05) is 7.11 Å². The maximum Gasteiger partial charge on any atom is 0.311 e. The maximum atomic E-state index is 11.2. The van der Waals surface area contributed by atoms with Crippen molar-refractivity contribution in [3.63, 3.8) is 0 Å². The van der Waals surface area contributed by atoms with Crippen molar-refractivity contribution in [1.29, 1.82) is 0 Å². The van der Waals surface area contributed by atoms with E-state index in [0.29, 0.717) is 12.3 Å². The van der Waals surface area contributed by atoms with E-state index in [9.17, 15) is 4.79 Å². The van der Waals surface area contributed by atoms with Crippen LogP contribution in [0.15, 0.2) is 5.38 Å². The van der Waals surface area contributed by atoms with E-state index < -0.39 is 0 Å². The first-order chi connectivity index (χ1) is 8.19. The quantitative estimate of drug-likeness (QED) is 0.777. The summed E-state index contributed by atoms with van der Waals surface area (Å²) in [5.41, 5.74) is 0.857. The van der Waals surface area contributed by atoms with Crippen LogP contribution in [0.1, 0.15) is 49.2 Å². The summed E-state index contributed by atoms with van der Waals surface area (Å²) in [6.07, 6.45) is 5.39. The molecule has 0 spiro atoms. The standard InChI is InChI=1S/C13H19NO2S/c1-9-3-5-10(6-4-9)13-14-11(8-17-13)7-12(15)16-2/h8-10H,3-7H2,1-2H3. The highest BCUT2D eigenvalue weighted by Gasteiger charge is 2.22. The van der Waals surface area contributed by atoms with Crippen molar-refractivity contribution in [2.45, 2.75) is 44.9 Å². The second-order valence-corrected chi connectivity index (χ2v) is 5.78. The van der Waals surface area contributed by atoms with Crippen molar-refractivity contribution in [3.05, 3.63) is 16.1 Å². The predicted octanol–water partition coefficient (Wildman–Crippen LogP) is 3.15. The molecule has 4 heteroatoms. The van der Waals surface area contributed by atoms with Crippen LogP contribution in [0.3, 0.4) is 0 Å². The lowest BCUT2D eigenvalue weighted by Gasteiger charge is -2.24. The highest BCUT2D eigenvalue weighted by Crippen LogP contribution is 2.36. The Bertz CT molecular complexity index is 381. The first kappa shape index (κ1) is 12.6. The Morgan fingerprint density at radius 1 is 1.47 bits per heavy atom. The van der Waals surface area contributed by atoms with Gasteiger partial charge < -0.3 is 4.74 Å². The van der Waals surface area contributed by atoms with Crippen LogP contribution in [0.25, 0.3) is 0 Å². The lowest BCUT2D eigenvalue weighted by Crippen LogP contribution is -2.11. The molecule has 1 aliphatic rings. The number of ether oxygens (including phenoxy) is 1. The Labute approximate surface area is 106 Å². The van der Waals surface area contributed by atoms with E-state index in [-0.39, 0.29) is 5.97 Å². The number of carbonyl (C=O) groups is 1. The Morgan fingerprint density at radius 2 is 2.18 bits per heavy atom. The number of carbonyl (C=O) groups excluding carboxylic acids is 1. The zero-order chi connectivity index (χ0) is 12.3. The minimum atomic E-state index is -0.209. The molecule has 0 radical (unpaired) electrons. The van der Waals surface area contributed by atoms with Crippen molar-refractivity contribution in [1.82, 2.24) is 4.98 Å². The molecule has 0 atom stereocenters. The summed E-state index contributed by atoms with van der Waals surface area (Å²) in [6.45, 7) is 2.32. The Balaban J connectivity index is 1.96. The van der Waals surface area contributed by atoms with E-state index in [1.807, 2.05) is 5.38 Å². The third-order valence-corrected chi connectivity index (χ3v) is 4.54. The topological polar surface area (TPSA) is 39.2 Å². The normalized spacial score (nSPS) is 24.6. The first-order valence-electron chi connectivity index (χ1n) is 6.20. The summed E-state index contributed by atoms with van der Waals surface area (Å²) in [7, 11) is 1.41. The number of rotatable bonds is 3. The molecule has 0 N–H and O–H groups in total. The summed E-state index contributed by atoms with van der Waals surface area (Å²) in [5, 5.41) is 3.19. The zero-order valence-electron chi connectivity index (χ0n) is 10.4. The second-order valence-electron chi connectivity index (χ2n) is 4.89. The van der Waals surface area contributed by atoms with Gasteiger partial charge in [0.05, 0.1) is 24.2 Å². The molecule has 1 aromatic rings. The van der Waals surface area contributed by atoms with E-state index in [1.165, 1.54) is 37.8 Å². The fraction of sp³-hybridized carbons (Fsp3) is 0.692. The van der Waals surface area contributed by atoms with Gasteiger partial charge in [0.25, 0.3) is 0 Å². The molecular formula is C13H19NO2S. The zero-order valence-corrected chi connectivity index (χ0v) is 11.3. The summed E-state index contributed by atoms with van der Waals surface area (Å²) >= 11 is 1.69. The van der Waals surface area contributed by atoms with Crippen molar-refractivity contribution in [2.24, 2.45) is 5.92 Å². The van der Waals surface area contributed by atoms with Crippen LogP contribution in [-0.4, -0.2) is 18.1 Å². The van der Waals surface area contributed by atoms with Gasteiger partial charge in [-0.1, -0.05) is 19.8 Å². The molecule has 1 aromatic heterocycles. The minimum absolute atomic E-state index is 0.209. The Morgan fingerprint density at radius 3 is 2.82 bits per heavy atom. The van der Waals surface area contributed by atoms with Crippen LogP contribution in [0.4, 0.5) is 0 Å². The molecule has 0 aliphatic heterocycles. The van der Waals surface area contributed by atoms with Crippen LogP contribution in [-0.2, 0) is 16.0 Å². The maximum absolute atomic E-state index is 11.2. The van der Waals surface area contributed by atoms with Crippen LogP contribution < -0.4 is 0 Å². The van der Waals surface area contributed by atoms with Crippen LogP contribution in [0, 0.1) is 5.92 Å². The molecule has 1 saturated carbocycles. The van der Waals surface area contributed by atoms with Crippen LogP contribution in [0.5, 0.6) is 0 Å². The highest BCUT2D eigenvalue weighted by atomic mass is 32.1. The van der Waals surface area contributed by atoms with Gasteiger partial charge in [0.15, 0.2) is 0 Å². The molecule has 0 amide bonds. The fourth-order valence-electron chi connectivity index (χ4n) is 2.32. The molecule has 0 aromatic carbocycles. The van der Waals surface area contributed by atoms with Crippen molar-refractivity contribution < 1.29 is 9.53 Å². The lowest BCUT2D eigenvalue weighted by molar-refractivity contribution is -0.139. The summed E-state index contributed by atoms with van der Waals surface area (Å²) in [4.78, 5) is 15.7. The number of esters is 1. The molecule has 1 fully saturated rings. The second kappa shape index (κ2) is 5.63. The molecule has 0 bridgehead atoms. The number of hydrogen-bond donors (Lipinski definition) is 0. The van der Waals surface area contributed by atoms with Gasteiger partial charge in [-0.15, -0.1) is 11.3 Å². The van der Waals surface area contributed by atoms with Gasteiger partial charge in [0, 0.05) is 11.3 Å². The average molecular weight is 253 g/mol. The third-order valence-electron chi connectivity index (χ3n) is 3.49. The number of nitrogens with zero attached hydrogens (tertiary/aromatic N) is 1. The minimum Gasteiger partial charge on any atom is -0.469 e. The van der Waals surface area contributed by atoms with Crippen molar-refractivity contribution >= 4 is 17.3 Å². The van der Waals surface area contributed by atoms with Gasteiger partial charge in [-0.05, 0) is 18.8 Å². The molecule has 0 unspecified atom stereocenters. The number of thiazole rings is 1. The lowest BCUT2D eigenvalue weighted by atomic mass is 9.83. The molecular weight excluding hydrogens is 234 g/mol. The van der Waals surface area contributed by atoms with Gasteiger partial charge >= 0.3 is 5.97 Å². The molecule has 3 nitrogen and oxygen atoms in total.